The minimum Gasteiger partial charge on any atom is -0.340 e. The van der Waals surface area contributed by atoms with Crippen molar-refractivity contribution in [2.75, 3.05) is 0 Å². The number of benzene rings is 2. The van der Waals surface area contributed by atoms with Gasteiger partial charge in [-0.15, -0.1) is 0 Å². The largest absolute Gasteiger partial charge is 0.340 e. The second kappa shape index (κ2) is 7.50. The van der Waals surface area contributed by atoms with Gasteiger partial charge in [-0.3, -0.25) is 0 Å². The number of hydrogen-bond acceptors (Lipinski definition) is 0. The highest BCUT2D eigenvalue weighted by atomic mass is 15.0. The van der Waals surface area contributed by atoms with Gasteiger partial charge in [0.05, 0.1) is 0 Å². The van der Waals surface area contributed by atoms with Gasteiger partial charge in [0, 0.05) is 17.8 Å². The number of aromatic nitrogens is 1. The Morgan fingerprint density at radius 2 is 1.65 bits per heavy atom. The highest BCUT2D eigenvalue weighted by molar-refractivity contribution is 5.81. The first-order valence-corrected chi connectivity index (χ1v) is 8.95. The van der Waals surface area contributed by atoms with Crippen molar-refractivity contribution in [2.45, 2.75) is 52.0 Å². The van der Waals surface area contributed by atoms with Crippen molar-refractivity contribution in [3.05, 3.63) is 71.9 Å². The molecular weight excluding hydrogens is 278 g/mol. The quantitative estimate of drug-likeness (QED) is 0.477. The number of rotatable bonds is 7. The van der Waals surface area contributed by atoms with Gasteiger partial charge in [-0.1, -0.05) is 75.2 Å². The molecule has 0 bridgehead atoms. The smallest absolute Gasteiger partial charge is 0.0485 e. The van der Waals surface area contributed by atoms with Gasteiger partial charge >= 0.3 is 0 Å². The van der Waals surface area contributed by atoms with Crippen molar-refractivity contribution in [3.63, 3.8) is 0 Å². The Bertz CT molecular complexity index is 739. The number of unbranched alkanes of at least 4 members (excludes halogenated alkanes) is 1. The average Bonchev–Trinajstić information content (AvgIpc) is 2.95. The van der Waals surface area contributed by atoms with Crippen LogP contribution in [-0.4, -0.2) is 4.57 Å². The lowest BCUT2D eigenvalue weighted by molar-refractivity contribution is 0.537. The third-order valence-corrected chi connectivity index (χ3v) is 4.84. The molecule has 0 radical (unpaired) electrons. The van der Waals surface area contributed by atoms with Crippen LogP contribution in [0.4, 0.5) is 0 Å². The van der Waals surface area contributed by atoms with Crippen LogP contribution in [0.3, 0.4) is 0 Å². The van der Waals surface area contributed by atoms with E-state index in [2.05, 4.69) is 79.1 Å². The summed E-state index contributed by atoms with van der Waals surface area (Å²) in [5.41, 5.74) is 4.24. The maximum atomic E-state index is 2.54. The number of fused-ring (bicyclic) bond motifs is 1. The molecule has 0 spiro atoms. The van der Waals surface area contributed by atoms with Crippen LogP contribution >= 0.6 is 0 Å². The fourth-order valence-corrected chi connectivity index (χ4v) is 3.52. The molecule has 0 saturated carbocycles. The summed E-state index contributed by atoms with van der Waals surface area (Å²) < 4.78 is 2.54. The van der Waals surface area contributed by atoms with E-state index in [9.17, 15) is 0 Å². The second-order valence-electron chi connectivity index (χ2n) is 6.45. The fraction of sp³-hybridized carbons (Fsp3) is 0.364. The molecule has 120 valence electrons. The highest BCUT2D eigenvalue weighted by Gasteiger charge is 2.16. The summed E-state index contributed by atoms with van der Waals surface area (Å²) in [6, 6.07) is 22.0. The maximum absolute atomic E-state index is 2.54. The first-order valence-electron chi connectivity index (χ1n) is 8.95. The molecule has 0 aliphatic heterocycles. The normalized spacial score (nSPS) is 12.6. The molecule has 0 amide bonds. The molecule has 3 aromatic rings. The zero-order valence-electron chi connectivity index (χ0n) is 14.3. The van der Waals surface area contributed by atoms with Crippen LogP contribution in [0.5, 0.6) is 0 Å². The van der Waals surface area contributed by atoms with Crippen molar-refractivity contribution in [2.24, 2.45) is 0 Å². The summed E-state index contributed by atoms with van der Waals surface area (Å²) in [6.07, 6.45) is 5.09. The Morgan fingerprint density at radius 1 is 0.913 bits per heavy atom. The van der Waals surface area contributed by atoms with Gasteiger partial charge in [0.1, 0.15) is 0 Å². The van der Waals surface area contributed by atoms with E-state index in [-0.39, 0.29) is 0 Å². The van der Waals surface area contributed by atoms with Crippen molar-refractivity contribution in [1.29, 1.82) is 0 Å². The lowest BCUT2D eigenvalue weighted by Crippen LogP contribution is -2.09. The zero-order chi connectivity index (χ0) is 16.1. The van der Waals surface area contributed by atoms with Crippen LogP contribution in [0.25, 0.3) is 10.9 Å². The fourth-order valence-electron chi connectivity index (χ4n) is 3.52. The first kappa shape index (κ1) is 15.9. The molecule has 0 N–H and O–H groups in total. The van der Waals surface area contributed by atoms with Crippen LogP contribution < -0.4 is 0 Å². The molecule has 0 aliphatic carbocycles. The zero-order valence-corrected chi connectivity index (χ0v) is 14.3. The van der Waals surface area contributed by atoms with Gasteiger partial charge < -0.3 is 4.57 Å². The van der Waals surface area contributed by atoms with Crippen LogP contribution in [0.2, 0.25) is 0 Å². The highest BCUT2D eigenvalue weighted by Crippen LogP contribution is 2.31. The Balaban J connectivity index is 2.03. The Kier molecular flexibility index (Phi) is 5.17. The predicted molar refractivity (Wildman–Crippen MR) is 100 cm³/mol. The Hall–Kier alpha value is -2.02. The molecule has 1 heteroatoms. The van der Waals surface area contributed by atoms with E-state index in [0.717, 1.165) is 6.54 Å². The molecular formula is C22H27N. The van der Waals surface area contributed by atoms with Gasteiger partial charge in [0.15, 0.2) is 0 Å². The van der Waals surface area contributed by atoms with E-state index in [1.165, 1.54) is 47.8 Å². The first-order chi connectivity index (χ1) is 11.3. The summed E-state index contributed by atoms with van der Waals surface area (Å²) in [4.78, 5) is 0. The van der Waals surface area contributed by atoms with E-state index in [1.807, 2.05) is 0 Å². The van der Waals surface area contributed by atoms with E-state index < -0.39 is 0 Å². The molecule has 2 aromatic carbocycles. The van der Waals surface area contributed by atoms with Crippen molar-refractivity contribution < 1.29 is 0 Å². The van der Waals surface area contributed by atoms with Crippen molar-refractivity contribution >= 4 is 10.9 Å². The van der Waals surface area contributed by atoms with Crippen LogP contribution in [0, 0.1) is 0 Å². The topological polar surface area (TPSA) is 4.93 Å². The summed E-state index contributed by atoms with van der Waals surface area (Å²) in [6.45, 7) is 5.57. The van der Waals surface area contributed by atoms with E-state index in [4.69, 9.17) is 0 Å². The molecule has 0 saturated heterocycles. The minimum atomic E-state index is 0.658. The van der Waals surface area contributed by atoms with Gasteiger partial charge in [-0.2, -0.15) is 0 Å². The standard InChI is InChI=1S/C22H27N/c1-3-5-13-19(4-2)22-16-20-14-9-10-15-21(20)23(22)17-18-11-7-6-8-12-18/h6-12,14-16,19H,3-5,13,17H2,1-2H3. The molecule has 3 rings (SSSR count). The minimum absolute atomic E-state index is 0.658. The van der Waals surface area contributed by atoms with Crippen LogP contribution in [0.1, 0.15) is 56.7 Å². The molecule has 1 atom stereocenters. The second-order valence-corrected chi connectivity index (χ2v) is 6.45. The third-order valence-electron chi connectivity index (χ3n) is 4.84. The van der Waals surface area contributed by atoms with Gasteiger partial charge in [-0.25, -0.2) is 0 Å². The van der Waals surface area contributed by atoms with E-state index in [0.29, 0.717) is 5.92 Å². The molecule has 1 aromatic heterocycles. The van der Waals surface area contributed by atoms with Gasteiger partial charge in [0.25, 0.3) is 0 Å². The van der Waals surface area contributed by atoms with Crippen LogP contribution in [-0.2, 0) is 6.54 Å². The summed E-state index contributed by atoms with van der Waals surface area (Å²) in [7, 11) is 0. The monoisotopic (exact) mass is 305 g/mol. The molecule has 0 aliphatic rings. The molecule has 0 fully saturated rings. The molecule has 23 heavy (non-hydrogen) atoms. The number of nitrogens with zero attached hydrogens (tertiary/aromatic N) is 1. The van der Waals surface area contributed by atoms with Gasteiger partial charge in [-0.05, 0) is 41.8 Å². The van der Waals surface area contributed by atoms with Crippen molar-refractivity contribution in [1.82, 2.24) is 4.57 Å². The molecule has 1 nitrogen and oxygen atoms in total. The molecule has 1 heterocycles. The van der Waals surface area contributed by atoms with Crippen LogP contribution in [0.15, 0.2) is 60.7 Å². The lowest BCUT2D eigenvalue weighted by Gasteiger charge is -2.19. The molecule has 1 unspecified atom stereocenters. The number of para-hydroxylation sites is 1. The maximum Gasteiger partial charge on any atom is 0.0485 e. The summed E-state index contributed by atoms with van der Waals surface area (Å²) >= 11 is 0. The van der Waals surface area contributed by atoms with Crippen molar-refractivity contribution in [3.8, 4) is 0 Å². The summed E-state index contributed by atoms with van der Waals surface area (Å²) in [5.74, 6) is 0.658. The predicted octanol–water partition coefficient (Wildman–Crippen LogP) is 6.37. The lowest BCUT2D eigenvalue weighted by atomic mass is 9.95. The summed E-state index contributed by atoms with van der Waals surface area (Å²) in [5, 5.41) is 1.37. The van der Waals surface area contributed by atoms with E-state index >= 15 is 0 Å². The Morgan fingerprint density at radius 3 is 2.39 bits per heavy atom. The Labute approximate surface area is 140 Å². The average molecular weight is 305 g/mol. The van der Waals surface area contributed by atoms with E-state index in [1.54, 1.807) is 0 Å². The number of hydrogen-bond donors (Lipinski definition) is 0. The SMILES string of the molecule is CCCCC(CC)c1cc2ccccc2n1Cc1ccccc1. The third kappa shape index (κ3) is 3.50. The van der Waals surface area contributed by atoms with Gasteiger partial charge in [0.2, 0.25) is 0 Å².